The molecule has 0 saturated carbocycles. The number of aliphatic hydroxyl groups excluding tert-OH is 1. The second-order valence-electron chi connectivity index (χ2n) is 6.94. The van der Waals surface area contributed by atoms with Crippen molar-refractivity contribution in [2.75, 3.05) is 62.7 Å². The second-order valence-corrected chi connectivity index (χ2v) is 7.30. The Morgan fingerprint density at radius 1 is 1.04 bits per heavy atom. The highest BCUT2D eigenvalue weighted by Crippen LogP contribution is 2.33. The van der Waals surface area contributed by atoms with Gasteiger partial charge >= 0.3 is 0 Å². The van der Waals surface area contributed by atoms with Crippen LogP contribution in [0.25, 0.3) is 11.4 Å². The Labute approximate surface area is 159 Å². The van der Waals surface area contributed by atoms with Gasteiger partial charge in [0.2, 0.25) is 0 Å². The number of rotatable bonds is 4. The number of aromatic nitrogens is 2. The first-order valence-corrected chi connectivity index (χ1v) is 9.49. The fourth-order valence-electron chi connectivity index (χ4n) is 3.63. The van der Waals surface area contributed by atoms with E-state index >= 15 is 0 Å². The van der Waals surface area contributed by atoms with Crippen molar-refractivity contribution in [2.24, 2.45) is 0 Å². The predicted molar refractivity (Wildman–Crippen MR) is 105 cm³/mol. The van der Waals surface area contributed by atoms with Gasteiger partial charge in [0.15, 0.2) is 5.82 Å². The van der Waals surface area contributed by atoms with Crippen LogP contribution in [0.4, 0.5) is 11.5 Å². The average molecular weight is 374 g/mol. The monoisotopic (exact) mass is 373 g/mol. The van der Waals surface area contributed by atoms with Gasteiger partial charge in [0, 0.05) is 56.1 Å². The van der Waals surface area contributed by atoms with E-state index in [1.165, 1.54) is 5.69 Å². The molecule has 4 rings (SSSR count). The van der Waals surface area contributed by atoms with Crippen LogP contribution in [0.2, 0.25) is 5.15 Å². The Hall–Kier alpha value is -1.89. The first-order chi connectivity index (χ1) is 12.7. The number of anilines is 2. The molecule has 1 aromatic carbocycles. The quantitative estimate of drug-likeness (QED) is 0.826. The van der Waals surface area contributed by atoms with Gasteiger partial charge in [-0.3, -0.25) is 0 Å². The lowest BCUT2D eigenvalue weighted by Crippen LogP contribution is -2.44. The molecule has 1 aromatic heterocycles. The van der Waals surface area contributed by atoms with Crippen LogP contribution in [0, 0.1) is 0 Å². The Kier molecular flexibility index (Phi) is 4.98. The number of likely N-dealkylation sites (N-methyl/N-ethyl adjacent to an activating group) is 1. The molecule has 2 aliphatic heterocycles. The van der Waals surface area contributed by atoms with E-state index in [4.69, 9.17) is 16.6 Å². The summed E-state index contributed by atoms with van der Waals surface area (Å²) < 4.78 is 0. The zero-order valence-electron chi connectivity index (χ0n) is 15.0. The van der Waals surface area contributed by atoms with E-state index < -0.39 is 0 Å². The molecular weight excluding hydrogens is 350 g/mol. The van der Waals surface area contributed by atoms with Crippen LogP contribution in [0.1, 0.15) is 5.56 Å². The van der Waals surface area contributed by atoms with Crippen molar-refractivity contribution < 1.29 is 5.11 Å². The average Bonchev–Trinajstić information content (AvgIpc) is 3.06. The summed E-state index contributed by atoms with van der Waals surface area (Å²) in [6.45, 7) is 5.78. The number of hydrogen-bond donors (Lipinski definition) is 1. The van der Waals surface area contributed by atoms with Crippen molar-refractivity contribution in [1.82, 2.24) is 14.9 Å². The molecule has 0 amide bonds. The molecule has 0 bridgehead atoms. The third-order valence-corrected chi connectivity index (χ3v) is 5.54. The molecule has 3 heterocycles. The maximum Gasteiger partial charge on any atom is 0.163 e. The maximum atomic E-state index is 9.25. The van der Waals surface area contributed by atoms with Gasteiger partial charge in [-0.15, -0.1) is 0 Å². The van der Waals surface area contributed by atoms with Crippen molar-refractivity contribution in [2.45, 2.75) is 6.42 Å². The highest BCUT2D eigenvalue weighted by Gasteiger charge is 2.25. The Morgan fingerprint density at radius 2 is 1.77 bits per heavy atom. The van der Waals surface area contributed by atoms with E-state index in [0.29, 0.717) is 17.5 Å². The van der Waals surface area contributed by atoms with E-state index in [1.807, 2.05) is 0 Å². The van der Waals surface area contributed by atoms with Gasteiger partial charge in [-0.25, -0.2) is 9.97 Å². The standard InChI is InChI=1S/C19H24ClN5O/c1-23-8-10-24(11-9-23)15-4-2-14(3-5-15)18-21-17(20)16-6-7-25(12-13-26)19(16)22-18/h2-5,26H,6-13H2,1H3. The maximum absolute atomic E-state index is 9.25. The molecule has 26 heavy (non-hydrogen) atoms. The molecule has 0 aliphatic carbocycles. The zero-order chi connectivity index (χ0) is 18.1. The topological polar surface area (TPSA) is 55.7 Å². The van der Waals surface area contributed by atoms with Crippen LogP contribution >= 0.6 is 11.6 Å². The summed E-state index contributed by atoms with van der Waals surface area (Å²) in [4.78, 5) is 16.1. The molecule has 7 heteroatoms. The van der Waals surface area contributed by atoms with Crippen molar-refractivity contribution in [3.8, 4) is 11.4 Å². The number of nitrogens with zero attached hydrogens (tertiary/aromatic N) is 5. The van der Waals surface area contributed by atoms with Crippen molar-refractivity contribution >= 4 is 23.1 Å². The molecule has 2 aromatic rings. The van der Waals surface area contributed by atoms with Gasteiger partial charge in [-0.05, 0) is 37.7 Å². The first-order valence-electron chi connectivity index (χ1n) is 9.12. The Bertz CT molecular complexity index is 774. The van der Waals surface area contributed by atoms with Gasteiger partial charge in [0.1, 0.15) is 11.0 Å². The number of hydrogen-bond acceptors (Lipinski definition) is 6. The molecule has 6 nitrogen and oxygen atoms in total. The molecular formula is C19H24ClN5O. The third-order valence-electron chi connectivity index (χ3n) is 5.23. The van der Waals surface area contributed by atoms with E-state index in [1.54, 1.807) is 0 Å². The van der Waals surface area contributed by atoms with Crippen LogP contribution in [0.5, 0.6) is 0 Å². The second kappa shape index (κ2) is 7.39. The van der Waals surface area contributed by atoms with Crippen LogP contribution < -0.4 is 9.80 Å². The van der Waals surface area contributed by atoms with Gasteiger partial charge in [-0.2, -0.15) is 0 Å². The lowest BCUT2D eigenvalue weighted by molar-refractivity contribution is 0.302. The number of piperazine rings is 1. The highest BCUT2D eigenvalue weighted by molar-refractivity contribution is 6.30. The summed E-state index contributed by atoms with van der Waals surface area (Å²) in [6, 6.07) is 8.40. The van der Waals surface area contributed by atoms with Gasteiger partial charge < -0.3 is 19.8 Å². The minimum atomic E-state index is 0.107. The van der Waals surface area contributed by atoms with Crippen LogP contribution in [-0.2, 0) is 6.42 Å². The van der Waals surface area contributed by atoms with Crippen molar-refractivity contribution in [3.63, 3.8) is 0 Å². The first kappa shape index (κ1) is 17.5. The number of β-amino-alcohol motifs (C(OH)–C–C–N with tert-alkyl or cyclic N) is 1. The molecule has 0 atom stereocenters. The molecule has 2 aliphatic rings. The SMILES string of the molecule is CN1CCN(c2ccc(-c3nc(Cl)c4c(n3)N(CCO)CC4)cc2)CC1. The third kappa shape index (κ3) is 3.37. The minimum absolute atomic E-state index is 0.107. The summed E-state index contributed by atoms with van der Waals surface area (Å²) in [5, 5.41) is 9.77. The number of fused-ring (bicyclic) bond motifs is 1. The molecule has 1 saturated heterocycles. The highest BCUT2D eigenvalue weighted by atomic mass is 35.5. The number of benzene rings is 1. The molecule has 0 radical (unpaired) electrons. The molecule has 138 valence electrons. The van der Waals surface area contributed by atoms with E-state index in [-0.39, 0.29) is 6.61 Å². The summed E-state index contributed by atoms with van der Waals surface area (Å²) in [7, 11) is 2.16. The largest absolute Gasteiger partial charge is 0.395 e. The summed E-state index contributed by atoms with van der Waals surface area (Å²) in [5.74, 6) is 1.50. The molecule has 0 unspecified atom stereocenters. The van der Waals surface area contributed by atoms with E-state index in [0.717, 1.165) is 56.1 Å². The van der Waals surface area contributed by atoms with Gasteiger partial charge in [0.25, 0.3) is 0 Å². The molecule has 1 fully saturated rings. The predicted octanol–water partition coefficient (Wildman–Crippen LogP) is 1.90. The van der Waals surface area contributed by atoms with Gasteiger partial charge in [0.05, 0.1) is 6.61 Å². The lowest BCUT2D eigenvalue weighted by Gasteiger charge is -2.34. The summed E-state index contributed by atoms with van der Waals surface area (Å²) in [5.41, 5.74) is 3.18. The number of halogens is 1. The van der Waals surface area contributed by atoms with Crippen LogP contribution in [-0.4, -0.2) is 72.9 Å². The fourth-order valence-corrected chi connectivity index (χ4v) is 3.89. The molecule has 0 spiro atoms. The fraction of sp³-hybridized carbons (Fsp3) is 0.474. The van der Waals surface area contributed by atoms with Gasteiger partial charge in [-0.1, -0.05) is 11.6 Å². The van der Waals surface area contributed by atoms with Crippen LogP contribution in [0.3, 0.4) is 0 Å². The molecule has 1 N–H and O–H groups in total. The minimum Gasteiger partial charge on any atom is -0.395 e. The summed E-state index contributed by atoms with van der Waals surface area (Å²) >= 11 is 6.40. The van der Waals surface area contributed by atoms with E-state index in [2.05, 4.69) is 51.0 Å². The zero-order valence-corrected chi connectivity index (χ0v) is 15.8. The summed E-state index contributed by atoms with van der Waals surface area (Å²) in [6.07, 6.45) is 0.830. The Morgan fingerprint density at radius 3 is 2.46 bits per heavy atom. The Balaban J connectivity index is 1.58. The van der Waals surface area contributed by atoms with Crippen molar-refractivity contribution in [3.05, 3.63) is 35.0 Å². The smallest absolute Gasteiger partial charge is 0.163 e. The van der Waals surface area contributed by atoms with Crippen LogP contribution in [0.15, 0.2) is 24.3 Å². The lowest BCUT2D eigenvalue weighted by atomic mass is 10.1. The normalized spacial score (nSPS) is 17.7. The van der Waals surface area contributed by atoms with Crippen molar-refractivity contribution in [1.29, 1.82) is 0 Å². The van der Waals surface area contributed by atoms with E-state index in [9.17, 15) is 5.11 Å². The number of aliphatic hydroxyl groups is 1.